The van der Waals surface area contributed by atoms with Gasteiger partial charge in [-0.3, -0.25) is 19.3 Å². The van der Waals surface area contributed by atoms with Gasteiger partial charge in [0.2, 0.25) is 11.8 Å². The highest BCUT2D eigenvalue weighted by Crippen LogP contribution is 2.35. The first kappa shape index (κ1) is 17.6. The van der Waals surface area contributed by atoms with Crippen LogP contribution in [0.5, 0.6) is 0 Å². The molecule has 0 spiro atoms. The van der Waals surface area contributed by atoms with Crippen LogP contribution < -0.4 is 0 Å². The van der Waals surface area contributed by atoms with Gasteiger partial charge in [0.05, 0.1) is 25.0 Å². The van der Waals surface area contributed by atoms with E-state index in [-0.39, 0.29) is 36.0 Å². The Morgan fingerprint density at radius 1 is 1.16 bits per heavy atom. The molecule has 6 heteroatoms. The average molecular weight is 344 g/mol. The van der Waals surface area contributed by atoms with Crippen molar-refractivity contribution < 1.29 is 19.1 Å². The summed E-state index contributed by atoms with van der Waals surface area (Å²) in [5.74, 6) is -1.19. The van der Waals surface area contributed by atoms with Crippen molar-refractivity contribution in [2.75, 3.05) is 20.3 Å². The fourth-order valence-corrected chi connectivity index (χ4v) is 3.86. The van der Waals surface area contributed by atoms with Gasteiger partial charge in [-0.15, -0.1) is 0 Å². The lowest BCUT2D eigenvalue weighted by atomic mass is 9.85. The number of ether oxygens (including phenoxy) is 1. The Labute approximate surface area is 147 Å². The van der Waals surface area contributed by atoms with Crippen LogP contribution >= 0.6 is 0 Å². The highest BCUT2D eigenvalue weighted by atomic mass is 16.5. The van der Waals surface area contributed by atoms with E-state index in [0.717, 1.165) is 16.3 Å². The highest BCUT2D eigenvalue weighted by Gasteiger charge is 2.47. The Hall–Kier alpha value is -2.21. The average Bonchev–Trinajstić information content (AvgIpc) is 3.02. The summed E-state index contributed by atoms with van der Waals surface area (Å²) in [7, 11) is 1.64. The van der Waals surface area contributed by atoms with E-state index in [2.05, 4.69) is 0 Å². The maximum absolute atomic E-state index is 12.8. The molecule has 2 atom stereocenters. The predicted molar refractivity (Wildman–Crippen MR) is 92.2 cm³/mol. The van der Waals surface area contributed by atoms with Gasteiger partial charge >= 0.3 is 0 Å². The summed E-state index contributed by atoms with van der Waals surface area (Å²) < 4.78 is 7.13. The second kappa shape index (κ2) is 6.96. The van der Waals surface area contributed by atoms with Crippen molar-refractivity contribution in [1.82, 2.24) is 9.47 Å². The number of aryl methyl sites for hydroxylation is 1. The van der Waals surface area contributed by atoms with Crippen LogP contribution in [0.2, 0.25) is 0 Å². The smallest absolute Gasteiger partial charge is 0.233 e. The Morgan fingerprint density at radius 3 is 2.32 bits per heavy atom. The Balaban J connectivity index is 1.77. The van der Waals surface area contributed by atoms with E-state index < -0.39 is 0 Å². The number of carbonyl (C=O) groups excluding carboxylic acids is 3. The van der Waals surface area contributed by atoms with Crippen LogP contribution in [0.1, 0.15) is 34.6 Å². The molecule has 2 amide bonds. The molecule has 0 N–H and O–H groups in total. The number of hydrogen-bond donors (Lipinski definition) is 0. The molecule has 6 nitrogen and oxygen atoms in total. The number of ketones is 1. The molecule has 1 aliphatic carbocycles. The third kappa shape index (κ3) is 3.06. The lowest BCUT2D eigenvalue weighted by Crippen LogP contribution is -2.36. The number of rotatable bonds is 6. The molecule has 1 aromatic heterocycles. The summed E-state index contributed by atoms with van der Waals surface area (Å²) in [6, 6.07) is 1.83. The highest BCUT2D eigenvalue weighted by molar-refractivity contribution is 6.10. The first-order valence-electron chi connectivity index (χ1n) is 8.64. The van der Waals surface area contributed by atoms with Gasteiger partial charge in [-0.25, -0.2) is 0 Å². The molecule has 0 aromatic carbocycles. The van der Waals surface area contributed by atoms with E-state index in [0.29, 0.717) is 31.6 Å². The van der Waals surface area contributed by atoms with Gasteiger partial charge < -0.3 is 9.30 Å². The van der Waals surface area contributed by atoms with Gasteiger partial charge in [0.15, 0.2) is 5.78 Å². The number of aromatic nitrogens is 1. The molecule has 134 valence electrons. The molecule has 0 radical (unpaired) electrons. The van der Waals surface area contributed by atoms with Gasteiger partial charge in [0, 0.05) is 30.6 Å². The van der Waals surface area contributed by atoms with Gasteiger partial charge in [0.1, 0.15) is 0 Å². The molecular formula is C19H24N2O4. The zero-order chi connectivity index (χ0) is 18.1. The lowest BCUT2D eigenvalue weighted by molar-refractivity contribution is -0.139. The number of hydrogen-bond acceptors (Lipinski definition) is 4. The Kier molecular flexibility index (Phi) is 4.90. The minimum atomic E-state index is -0.292. The zero-order valence-corrected chi connectivity index (χ0v) is 14.9. The molecule has 0 bridgehead atoms. The number of nitrogens with zero attached hydrogens (tertiary/aromatic N) is 2. The molecule has 2 aliphatic rings. The predicted octanol–water partition coefficient (Wildman–Crippen LogP) is 1.89. The standard InChI is InChI=1S/C19H24N2O4/c1-12-10-16(13(2)20(12)8-9-25-3)17(22)11-21-18(23)14-6-4-5-7-15(14)19(21)24/h4-5,10,14-15H,6-9,11H2,1-3H3/t14-,15+. The van der Waals surface area contributed by atoms with Crippen molar-refractivity contribution in [3.63, 3.8) is 0 Å². The van der Waals surface area contributed by atoms with E-state index in [1.54, 1.807) is 7.11 Å². The first-order valence-corrected chi connectivity index (χ1v) is 8.64. The summed E-state index contributed by atoms with van der Waals surface area (Å²) in [5.41, 5.74) is 2.38. The number of likely N-dealkylation sites (tertiary alicyclic amines) is 1. The van der Waals surface area contributed by atoms with Crippen molar-refractivity contribution >= 4 is 17.6 Å². The lowest BCUT2D eigenvalue weighted by Gasteiger charge is -2.14. The maximum Gasteiger partial charge on any atom is 0.233 e. The van der Waals surface area contributed by atoms with Crippen molar-refractivity contribution in [1.29, 1.82) is 0 Å². The van der Waals surface area contributed by atoms with Crippen LogP contribution in [0.15, 0.2) is 18.2 Å². The molecular weight excluding hydrogens is 320 g/mol. The van der Waals surface area contributed by atoms with Gasteiger partial charge in [-0.05, 0) is 32.8 Å². The molecule has 25 heavy (non-hydrogen) atoms. The van der Waals surface area contributed by atoms with E-state index in [4.69, 9.17) is 4.74 Å². The number of fused-ring (bicyclic) bond motifs is 1. The van der Waals surface area contributed by atoms with Gasteiger partial charge in [-0.2, -0.15) is 0 Å². The minimum absolute atomic E-state index is 0.167. The number of carbonyl (C=O) groups is 3. The molecule has 3 rings (SSSR count). The zero-order valence-electron chi connectivity index (χ0n) is 14.9. The summed E-state index contributed by atoms with van der Waals surface area (Å²) in [5, 5.41) is 0. The molecule has 1 aromatic rings. The van der Waals surface area contributed by atoms with E-state index >= 15 is 0 Å². The fourth-order valence-electron chi connectivity index (χ4n) is 3.86. The van der Waals surface area contributed by atoms with Crippen LogP contribution in [-0.4, -0.2) is 47.3 Å². The number of Topliss-reactive ketones (excluding diaryl/α,β-unsaturated/α-hetero) is 1. The first-order chi connectivity index (χ1) is 12.0. The molecule has 1 fully saturated rings. The second-order valence-electron chi connectivity index (χ2n) is 6.77. The molecule has 2 heterocycles. The van der Waals surface area contributed by atoms with Crippen molar-refractivity contribution in [2.24, 2.45) is 11.8 Å². The summed E-state index contributed by atoms with van der Waals surface area (Å²) in [6.07, 6.45) is 5.07. The number of allylic oxidation sites excluding steroid dienone is 2. The molecule has 1 aliphatic heterocycles. The van der Waals surface area contributed by atoms with E-state index in [1.165, 1.54) is 0 Å². The third-order valence-corrected chi connectivity index (χ3v) is 5.29. The molecule has 0 saturated carbocycles. The second-order valence-corrected chi connectivity index (χ2v) is 6.77. The maximum atomic E-state index is 12.8. The van der Waals surface area contributed by atoms with E-state index in [1.807, 2.05) is 36.6 Å². The van der Waals surface area contributed by atoms with Gasteiger partial charge in [-0.1, -0.05) is 12.2 Å². The summed E-state index contributed by atoms with van der Waals surface area (Å²) in [4.78, 5) is 38.9. The SMILES string of the molecule is COCCn1c(C)cc(C(=O)CN2C(=O)[C@H]3CC=CC[C@H]3C2=O)c1C. The van der Waals surface area contributed by atoms with Crippen LogP contribution in [0.4, 0.5) is 0 Å². The molecule has 0 unspecified atom stereocenters. The summed E-state index contributed by atoms with van der Waals surface area (Å²) in [6.45, 7) is 4.88. The van der Waals surface area contributed by atoms with E-state index in [9.17, 15) is 14.4 Å². The van der Waals surface area contributed by atoms with Crippen LogP contribution in [0, 0.1) is 25.7 Å². The van der Waals surface area contributed by atoms with Crippen molar-refractivity contribution in [3.8, 4) is 0 Å². The monoisotopic (exact) mass is 344 g/mol. The minimum Gasteiger partial charge on any atom is -0.383 e. The topological polar surface area (TPSA) is 68.6 Å². The quantitative estimate of drug-likeness (QED) is 0.449. The largest absolute Gasteiger partial charge is 0.383 e. The number of imide groups is 1. The van der Waals surface area contributed by atoms with Crippen LogP contribution in [0.25, 0.3) is 0 Å². The van der Waals surface area contributed by atoms with Crippen LogP contribution in [0.3, 0.4) is 0 Å². The number of amides is 2. The van der Waals surface area contributed by atoms with Crippen molar-refractivity contribution in [2.45, 2.75) is 33.2 Å². The summed E-state index contributed by atoms with van der Waals surface area (Å²) >= 11 is 0. The fraction of sp³-hybridized carbons (Fsp3) is 0.526. The normalized spacial score (nSPS) is 22.6. The van der Waals surface area contributed by atoms with Gasteiger partial charge in [0.25, 0.3) is 0 Å². The Bertz CT molecular complexity index is 721. The van der Waals surface area contributed by atoms with Crippen LogP contribution in [-0.2, 0) is 20.9 Å². The number of methoxy groups -OCH3 is 1. The third-order valence-electron chi connectivity index (χ3n) is 5.29. The van der Waals surface area contributed by atoms with Crippen molar-refractivity contribution in [3.05, 3.63) is 35.2 Å². The Morgan fingerprint density at radius 2 is 1.76 bits per heavy atom. The molecule has 1 saturated heterocycles.